The van der Waals surface area contributed by atoms with E-state index in [0.717, 1.165) is 5.92 Å². The van der Waals surface area contributed by atoms with E-state index in [2.05, 4.69) is 20.5 Å². The lowest BCUT2D eigenvalue weighted by Gasteiger charge is -2.03. The fourth-order valence-corrected chi connectivity index (χ4v) is 2.34. The summed E-state index contributed by atoms with van der Waals surface area (Å²) in [5, 5.41) is 0. The van der Waals surface area contributed by atoms with Gasteiger partial charge >= 0.3 is 0 Å². The van der Waals surface area contributed by atoms with Gasteiger partial charge in [-0.1, -0.05) is 25.1 Å². The minimum atomic E-state index is -0.168. The Balaban J connectivity index is 2.95. The first-order valence-electron chi connectivity index (χ1n) is 2.50. The third-order valence-corrected chi connectivity index (χ3v) is 2.26. The van der Waals surface area contributed by atoms with Crippen LogP contribution >= 0.6 is 18.5 Å². The Bertz CT molecular complexity index is 37.3. The largest absolute Gasteiger partial charge is 0.0967 e. The second-order valence-corrected chi connectivity index (χ2v) is 5.49. The summed E-state index contributed by atoms with van der Waals surface area (Å²) in [6.45, 7) is 6.49. The van der Waals surface area contributed by atoms with Crippen LogP contribution < -0.4 is 0 Å². The third-order valence-electron chi connectivity index (χ3n) is 0.617. The van der Waals surface area contributed by atoms with E-state index in [1.54, 1.807) is 0 Å². The molecule has 0 aromatic carbocycles. The van der Waals surface area contributed by atoms with Gasteiger partial charge in [0.1, 0.15) is 0 Å². The van der Waals surface area contributed by atoms with Crippen molar-refractivity contribution in [3.63, 3.8) is 0 Å². The van der Waals surface area contributed by atoms with Gasteiger partial charge in [0.25, 0.3) is 0 Å². The zero-order valence-corrected chi connectivity index (χ0v) is 6.76. The lowest BCUT2D eigenvalue weighted by Crippen LogP contribution is -1.88. The second-order valence-electron chi connectivity index (χ2n) is 2.18. The summed E-state index contributed by atoms with van der Waals surface area (Å²) in [4.78, 5) is 0. The molecule has 7 heavy (non-hydrogen) atoms. The van der Waals surface area contributed by atoms with Crippen molar-refractivity contribution in [2.45, 2.75) is 13.8 Å². The molecule has 0 aromatic rings. The van der Waals surface area contributed by atoms with Gasteiger partial charge < -0.3 is 0 Å². The first-order valence-corrected chi connectivity index (χ1v) is 5.37. The molecule has 1 atom stereocenters. The zero-order valence-electron chi connectivity index (χ0n) is 5.11. The van der Waals surface area contributed by atoms with Crippen LogP contribution in [0.25, 0.3) is 0 Å². The SMILES string of the molecule is CC(C)CP(C)Cl. The Morgan fingerprint density at radius 1 is 1.57 bits per heavy atom. The summed E-state index contributed by atoms with van der Waals surface area (Å²) in [5.74, 6) is 0.772. The van der Waals surface area contributed by atoms with Crippen molar-refractivity contribution >= 4 is 18.5 Å². The van der Waals surface area contributed by atoms with Gasteiger partial charge in [0.2, 0.25) is 0 Å². The highest BCUT2D eigenvalue weighted by molar-refractivity contribution is 7.83. The molecule has 0 amide bonds. The van der Waals surface area contributed by atoms with Crippen molar-refractivity contribution in [3.8, 4) is 0 Å². The van der Waals surface area contributed by atoms with Crippen molar-refractivity contribution in [2.24, 2.45) is 5.92 Å². The molecule has 0 radical (unpaired) electrons. The molecular formula is C5H12ClP. The van der Waals surface area contributed by atoms with Crippen LogP contribution in [0.15, 0.2) is 0 Å². The predicted octanol–water partition coefficient (Wildman–Crippen LogP) is 2.91. The first kappa shape index (κ1) is 7.72. The number of hydrogen-bond acceptors (Lipinski definition) is 0. The Hall–Kier alpha value is 0.720. The maximum absolute atomic E-state index is 5.74. The van der Waals surface area contributed by atoms with E-state index in [-0.39, 0.29) is 7.27 Å². The molecule has 0 aliphatic heterocycles. The Morgan fingerprint density at radius 3 is 2.00 bits per heavy atom. The lowest BCUT2D eigenvalue weighted by atomic mass is 10.3. The van der Waals surface area contributed by atoms with Crippen LogP contribution in [0.4, 0.5) is 0 Å². The number of rotatable bonds is 2. The molecule has 1 unspecified atom stereocenters. The number of hydrogen-bond donors (Lipinski definition) is 0. The van der Waals surface area contributed by atoms with Gasteiger partial charge in [-0.05, 0) is 26.0 Å². The van der Waals surface area contributed by atoms with Crippen LogP contribution in [0.3, 0.4) is 0 Å². The molecule has 0 rings (SSSR count). The monoisotopic (exact) mass is 138 g/mol. The summed E-state index contributed by atoms with van der Waals surface area (Å²) >= 11 is 5.74. The molecule has 0 saturated heterocycles. The van der Waals surface area contributed by atoms with Gasteiger partial charge in [0, 0.05) is 0 Å². The summed E-state index contributed by atoms with van der Waals surface area (Å²) < 4.78 is 0. The van der Waals surface area contributed by atoms with E-state index in [9.17, 15) is 0 Å². The minimum Gasteiger partial charge on any atom is -0.0967 e. The molecule has 0 saturated carbocycles. The van der Waals surface area contributed by atoms with Crippen molar-refractivity contribution in [3.05, 3.63) is 0 Å². The molecular weight excluding hydrogens is 126 g/mol. The van der Waals surface area contributed by atoms with Gasteiger partial charge in [0.15, 0.2) is 0 Å². The fourth-order valence-electron chi connectivity index (χ4n) is 0.503. The van der Waals surface area contributed by atoms with Crippen LogP contribution in [-0.4, -0.2) is 12.8 Å². The molecule has 0 spiro atoms. The summed E-state index contributed by atoms with van der Waals surface area (Å²) in [6.07, 6.45) is 1.19. The van der Waals surface area contributed by atoms with Crippen LogP contribution in [-0.2, 0) is 0 Å². The van der Waals surface area contributed by atoms with E-state index in [1.165, 1.54) is 6.16 Å². The maximum atomic E-state index is 5.74. The average molecular weight is 139 g/mol. The zero-order chi connectivity index (χ0) is 5.86. The van der Waals surface area contributed by atoms with Crippen molar-refractivity contribution in [1.29, 1.82) is 0 Å². The molecule has 0 N–H and O–H groups in total. The average Bonchev–Trinajstić information content (AvgIpc) is 1.27. The highest BCUT2D eigenvalue weighted by Gasteiger charge is 1.97. The van der Waals surface area contributed by atoms with E-state index in [0.29, 0.717) is 0 Å². The van der Waals surface area contributed by atoms with Gasteiger partial charge in [0.05, 0.1) is 0 Å². The summed E-state index contributed by atoms with van der Waals surface area (Å²) in [7, 11) is -0.168. The van der Waals surface area contributed by atoms with E-state index < -0.39 is 0 Å². The van der Waals surface area contributed by atoms with E-state index >= 15 is 0 Å². The highest BCUT2D eigenvalue weighted by atomic mass is 35.7. The Kier molecular flexibility index (Phi) is 4.07. The topological polar surface area (TPSA) is 0 Å². The van der Waals surface area contributed by atoms with Crippen molar-refractivity contribution in [2.75, 3.05) is 12.8 Å². The van der Waals surface area contributed by atoms with E-state index in [4.69, 9.17) is 11.2 Å². The minimum absolute atomic E-state index is 0.168. The predicted molar refractivity (Wildman–Crippen MR) is 38.4 cm³/mol. The molecule has 0 aromatic heterocycles. The van der Waals surface area contributed by atoms with Gasteiger partial charge in [-0.15, -0.1) is 0 Å². The van der Waals surface area contributed by atoms with E-state index in [1.807, 2.05) is 0 Å². The molecule has 2 heteroatoms. The lowest BCUT2D eigenvalue weighted by molar-refractivity contribution is 0.747. The highest BCUT2D eigenvalue weighted by Crippen LogP contribution is 2.37. The van der Waals surface area contributed by atoms with Gasteiger partial charge in [-0.3, -0.25) is 0 Å². The summed E-state index contributed by atoms with van der Waals surface area (Å²) in [6, 6.07) is 0. The third kappa shape index (κ3) is 6.72. The quantitative estimate of drug-likeness (QED) is 0.515. The smallest absolute Gasteiger partial charge is 0.0127 e. The molecule has 0 bridgehead atoms. The van der Waals surface area contributed by atoms with Crippen LogP contribution in [0.2, 0.25) is 0 Å². The fraction of sp³-hybridized carbons (Fsp3) is 1.00. The normalized spacial score (nSPS) is 15.0. The maximum Gasteiger partial charge on any atom is -0.0127 e. The van der Waals surface area contributed by atoms with Crippen molar-refractivity contribution < 1.29 is 0 Å². The molecule has 0 aliphatic carbocycles. The van der Waals surface area contributed by atoms with Crippen LogP contribution in [0, 0.1) is 5.92 Å². The Morgan fingerprint density at radius 2 is 2.00 bits per heavy atom. The molecule has 0 aliphatic rings. The van der Waals surface area contributed by atoms with Crippen LogP contribution in [0.1, 0.15) is 13.8 Å². The Labute approximate surface area is 51.8 Å². The van der Waals surface area contributed by atoms with Gasteiger partial charge in [-0.25, -0.2) is 0 Å². The molecule has 0 heterocycles. The standard InChI is InChI=1S/C5H12ClP/c1-5(2)4-7(3)6/h5H,4H2,1-3H3. The van der Waals surface area contributed by atoms with Gasteiger partial charge in [-0.2, -0.15) is 0 Å². The van der Waals surface area contributed by atoms with Crippen molar-refractivity contribution in [1.82, 2.24) is 0 Å². The second kappa shape index (κ2) is 3.69. The van der Waals surface area contributed by atoms with Crippen LogP contribution in [0.5, 0.6) is 0 Å². The molecule has 0 fully saturated rings. The molecule has 44 valence electrons. The number of halogens is 1. The first-order chi connectivity index (χ1) is 3.13. The molecule has 0 nitrogen and oxygen atoms in total. The summed E-state index contributed by atoms with van der Waals surface area (Å²) in [5.41, 5.74) is 0.